The van der Waals surface area contributed by atoms with Gasteiger partial charge in [-0.15, -0.1) is 0 Å². The van der Waals surface area contributed by atoms with E-state index in [0.29, 0.717) is 22.2 Å². The van der Waals surface area contributed by atoms with Crippen LogP contribution in [0.1, 0.15) is 199 Å². The second-order valence-electron chi connectivity index (χ2n) is 31.5. The van der Waals surface area contributed by atoms with Gasteiger partial charge in [-0.3, -0.25) is 0 Å². The highest BCUT2D eigenvalue weighted by atomic mass is 15.3. The third-order valence-corrected chi connectivity index (χ3v) is 24.9. The molecule has 0 spiro atoms. The van der Waals surface area contributed by atoms with Crippen molar-refractivity contribution in [3.63, 3.8) is 0 Å². The third kappa shape index (κ3) is 10.2. The molecule has 4 aromatic rings. The van der Waals surface area contributed by atoms with Crippen LogP contribution in [0.4, 0.5) is 0 Å². The van der Waals surface area contributed by atoms with Gasteiger partial charge in [-0.25, -0.2) is 0 Å². The molecule has 16 aliphatic rings. The van der Waals surface area contributed by atoms with E-state index in [1.165, 1.54) is 199 Å². The summed E-state index contributed by atoms with van der Waals surface area (Å²) in [5.41, 5.74) is 13.3. The SMILES string of the molecule is c1cc(CN[C@]23CC4C[C@H](C[C@@H](C4)C2)C3)cc(C[N+](Cc2cccc(CN[C@]34CC5C[C@H](C[C@@H](C5)C3)C4)c2)(Cc2cccc(CN[C@]34CC5C[C@H](C[C@@H](C5)C3)C4)c2)Cc2cccc(CN[C@]34CC5C[C@H](C[C@@H](C5)C3)C4)c2)c1. The molecule has 4 aromatic carbocycles. The molecule has 4 N–H and O–H groups in total. The van der Waals surface area contributed by atoms with Gasteiger partial charge in [-0.2, -0.15) is 0 Å². The van der Waals surface area contributed by atoms with Crippen molar-refractivity contribution in [3.8, 4) is 0 Å². The van der Waals surface area contributed by atoms with Gasteiger partial charge in [-0.05, 0) is 272 Å². The molecule has 0 aromatic heterocycles. The Morgan fingerprint density at radius 3 is 0.610 bits per heavy atom. The summed E-state index contributed by atoms with van der Waals surface area (Å²) in [6, 6.07) is 39.9. The van der Waals surface area contributed by atoms with E-state index in [-0.39, 0.29) is 0 Å². The van der Waals surface area contributed by atoms with Crippen molar-refractivity contribution >= 4 is 0 Å². The second-order valence-corrected chi connectivity index (χ2v) is 31.5. The highest BCUT2D eigenvalue weighted by Crippen LogP contribution is 2.59. The van der Waals surface area contributed by atoms with Crippen LogP contribution < -0.4 is 21.3 Å². The minimum atomic E-state index is 0.366. The lowest BCUT2D eigenvalue weighted by molar-refractivity contribution is -0.978. The van der Waals surface area contributed by atoms with Crippen LogP contribution in [0.25, 0.3) is 0 Å². The molecule has 16 fully saturated rings. The summed E-state index contributed by atoms with van der Waals surface area (Å²) >= 11 is 0. The van der Waals surface area contributed by atoms with Gasteiger partial charge in [0.15, 0.2) is 0 Å². The number of nitrogens with zero attached hydrogens (tertiary/aromatic N) is 1. The van der Waals surface area contributed by atoms with Crippen molar-refractivity contribution in [1.82, 2.24) is 21.3 Å². The zero-order chi connectivity index (χ0) is 50.8. The first kappa shape index (κ1) is 49.5. The fourth-order valence-corrected chi connectivity index (χ4v) is 23.7. The van der Waals surface area contributed by atoms with Crippen LogP contribution in [0.5, 0.6) is 0 Å². The Labute approximate surface area is 464 Å². The van der Waals surface area contributed by atoms with Gasteiger partial charge in [-0.1, -0.05) is 72.8 Å². The summed E-state index contributed by atoms with van der Waals surface area (Å²) in [7, 11) is 0. The van der Waals surface area contributed by atoms with Crippen LogP contribution in [-0.2, 0) is 52.4 Å². The number of rotatable bonds is 20. The van der Waals surface area contributed by atoms with E-state index in [2.05, 4.69) is 118 Å². The van der Waals surface area contributed by atoms with Gasteiger partial charge in [0, 0.05) is 70.6 Å². The molecule has 5 nitrogen and oxygen atoms in total. The number of nitrogens with one attached hydrogen (secondary N) is 4. The van der Waals surface area contributed by atoms with E-state index in [1.54, 1.807) is 0 Å². The van der Waals surface area contributed by atoms with Gasteiger partial charge in [0.05, 0.1) is 0 Å². The monoisotopic (exact) mass is 1030 g/mol. The highest BCUT2D eigenvalue weighted by Gasteiger charge is 2.54. The first-order valence-electron chi connectivity index (χ1n) is 32.7. The number of quaternary nitrogens is 1. The first-order valence-corrected chi connectivity index (χ1v) is 32.7. The molecule has 0 unspecified atom stereocenters. The molecule has 16 aliphatic carbocycles. The zero-order valence-electron chi connectivity index (χ0n) is 47.2. The van der Waals surface area contributed by atoms with Gasteiger partial charge >= 0.3 is 0 Å². The highest BCUT2D eigenvalue weighted by molar-refractivity contribution is 5.29. The predicted molar refractivity (Wildman–Crippen MR) is 312 cm³/mol. The molecule has 20 rings (SSSR count). The first-order chi connectivity index (χ1) is 37.6. The second kappa shape index (κ2) is 19.4. The van der Waals surface area contributed by atoms with Crippen LogP contribution in [0.15, 0.2) is 97.1 Å². The maximum atomic E-state index is 4.31. The number of hydrogen-bond acceptors (Lipinski definition) is 4. The van der Waals surface area contributed by atoms with Crippen LogP contribution in [0.3, 0.4) is 0 Å². The lowest BCUT2D eigenvalue weighted by atomic mass is 9.53. The molecule has 0 amide bonds. The lowest BCUT2D eigenvalue weighted by Crippen LogP contribution is -2.58. The van der Waals surface area contributed by atoms with Gasteiger partial charge in [0.1, 0.15) is 26.2 Å². The van der Waals surface area contributed by atoms with Crippen molar-refractivity contribution in [2.45, 2.75) is 229 Å². The quantitative estimate of drug-likeness (QED) is 0.0667. The van der Waals surface area contributed by atoms with Crippen molar-refractivity contribution in [1.29, 1.82) is 0 Å². The van der Waals surface area contributed by atoms with Crippen molar-refractivity contribution in [2.24, 2.45) is 71.0 Å². The predicted octanol–water partition coefficient (Wildman–Crippen LogP) is 14.8. The van der Waals surface area contributed by atoms with E-state index in [0.717, 1.165) is 128 Å². The van der Waals surface area contributed by atoms with Crippen LogP contribution in [0, 0.1) is 71.0 Å². The minimum absolute atomic E-state index is 0.366. The molecule has 16 bridgehead atoms. The van der Waals surface area contributed by atoms with E-state index in [1.807, 2.05) is 0 Å². The average molecular weight is 1030 g/mol. The van der Waals surface area contributed by atoms with Crippen LogP contribution in [-0.4, -0.2) is 26.6 Å². The Hall–Kier alpha value is -3.32. The molecule has 0 atom stereocenters. The zero-order valence-corrected chi connectivity index (χ0v) is 47.2. The average Bonchev–Trinajstić information content (AvgIpc) is 3.45. The standard InChI is InChI=1S/C72H96N5/c1-5-49(41-73-69-29-57-17-58(30-69)19-59(18-57)31-69)13-53(9-1)45-77(46-54-10-2-6-50(14-54)42-74-70-32-60-20-61(33-70)22-62(21-60)34-70,47-55-11-3-7-51(15-55)43-75-71-35-63-23-64(36-71)25-65(24-63)37-71)48-56-12-4-8-52(16-56)44-76-72-38-66-26-67(39-72)28-68(27-66)40-72/h1-16,57-68,73-76H,17-48H2/q+1/t57-,58-,59?,60-,61-,62?,63-,64-,65?,66-,67-,68?,69-,70-,71-,72-,77?/m0/s1. The van der Waals surface area contributed by atoms with Gasteiger partial charge < -0.3 is 25.8 Å². The van der Waals surface area contributed by atoms with Crippen LogP contribution >= 0.6 is 0 Å². The molecule has 0 aliphatic heterocycles. The van der Waals surface area contributed by atoms with E-state index in [9.17, 15) is 0 Å². The maximum absolute atomic E-state index is 4.31. The molecule has 0 saturated heterocycles. The molecule has 5 heteroatoms. The summed E-state index contributed by atoms with van der Waals surface area (Å²) < 4.78 is 0.968. The van der Waals surface area contributed by atoms with Crippen molar-refractivity contribution in [3.05, 3.63) is 142 Å². The fraction of sp³-hybridized carbons (Fsp3) is 0.667. The topological polar surface area (TPSA) is 48.1 Å². The lowest BCUT2D eigenvalue weighted by Gasteiger charge is -2.57. The Morgan fingerprint density at radius 2 is 0.429 bits per heavy atom. The maximum Gasteiger partial charge on any atom is 0.105 e. The normalized spacial score (nSPS) is 40.9. The molecule has 77 heavy (non-hydrogen) atoms. The number of benzene rings is 4. The molecular formula is C72H96N5+. The summed E-state index contributed by atoms with van der Waals surface area (Å²) in [5, 5.41) is 17.2. The van der Waals surface area contributed by atoms with Crippen molar-refractivity contribution < 1.29 is 4.48 Å². The molecule has 0 radical (unpaired) electrons. The molecule has 0 heterocycles. The largest absolute Gasteiger partial charge is 0.309 e. The van der Waals surface area contributed by atoms with Crippen LogP contribution in [0.2, 0.25) is 0 Å². The smallest absolute Gasteiger partial charge is 0.105 e. The molecule has 408 valence electrons. The Morgan fingerprint density at radius 1 is 0.260 bits per heavy atom. The number of hydrogen-bond donors (Lipinski definition) is 4. The Balaban J connectivity index is 0.717. The van der Waals surface area contributed by atoms with Crippen molar-refractivity contribution in [2.75, 3.05) is 0 Å². The van der Waals surface area contributed by atoms with Gasteiger partial charge in [0.2, 0.25) is 0 Å². The summed E-state index contributed by atoms with van der Waals surface area (Å²) in [5.74, 6) is 11.5. The van der Waals surface area contributed by atoms with E-state index in [4.69, 9.17) is 0 Å². The Bertz CT molecular complexity index is 2280. The minimum Gasteiger partial charge on any atom is -0.309 e. The third-order valence-electron chi connectivity index (χ3n) is 24.9. The van der Waals surface area contributed by atoms with Gasteiger partial charge in [0.25, 0.3) is 0 Å². The summed E-state index contributed by atoms with van der Waals surface area (Å²) in [6.45, 7) is 8.01. The van der Waals surface area contributed by atoms with E-state index >= 15 is 0 Å². The Kier molecular flexibility index (Phi) is 12.5. The summed E-state index contributed by atoms with van der Waals surface area (Å²) in [4.78, 5) is 0. The molecular weight excluding hydrogens is 935 g/mol. The summed E-state index contributed by atoms with van der Waals surface area (Å²) in [6.07, 6.45) is 34.9. The van der Waals surface area contributed by atoms with E-state index < -0.39 is 0 Å². The molecule has 16 saturated carbocycles. The fourth-order valence-electron chi connectivity index (χ4n) is 23.7.